The van der Waals surface area contributed by atoms with E-state index in [1.54, 1.807) is 11.9 Å². The van der Waals surface area contributed by atoms with Crippen molar-refractivity contribution in [2.45, 2.75) is 0 Å². The zero-order chi connectivity index (χ0) is 26.5. The van der Waals surface area contributed by atoms with Crippen LogP contribution in [0.3, 0.4) is 0 Å². The van der Waals surface area contributed by atoms with Crippen LogP contribution in [0.5, 0.6) is 0 Å². The molecule has 4 rings (SSSR count). The number of hydrogen-bond acceptors (Lipinski definition) is 5. The molecule has 192 valence electrons. The van der Waals surface area contributed by atoms with Crippen molar-refractivity contribution in [2.75, 3.05) is 63.4 Å². The molecule has 0 radical (unpaired) electrons. The second kappa shape index (κ2) is 11.7. The van der Waals surface area contributed by atoms with Gasteiger partial charge in [0.2, 0.25) is 5.91 Å². The Morgan fingerprint density at radius 3 is 2.30 bits per heavy atom. The van der Waals surface area contributed by atoms with Gasteiger partial charge in [-0.3, -0.25) is 14.5 Å². The molecular weight excluding hydrogens is 530 g/mol. The summed E-state index contributed by atoms with van der Waals surface area (Å²) in [6.07, 6.45) is 0. The van der Waals surface area contributed by atoms with Gasteiger partial charge in [0.05, 0.1) is 23.5 Å². The number of carbonyl (C=O) groups excluding carboxylic acids is 2. The van der Waals surface area contributed by atoms with Crippen LogP contribution in [0, 0.1) is 0 Å². The lowest BCUT2D eigenvalue weighted by molar-refractivity contribution is -0.119. The normalized spacial score (nSPS) is 14.0. The average molecular weight is 563 g/mol. The summed E-state index contributed by atoms with van der Waals surface area (Å²) in [7, 11) is 7.79. The van der Waals surface area contributed by atoms with E-state index in [1.807, 2.05) is 98.8 Å². The standard InChI is InChI=1S/C29H32BrN5O2/c1-33(2)16-17-34(3)19-26(36)35(4)23-13-11-22(12-14-23)31-28(20-8-6-5-7-9-20)27-24-15-10-21(30)18-25(24)32-29(27)37/h5-15,18,31H,16-17,19H2,1-4H3,(H,32,37)/b28-27-. The van der Waals surface area contributed by atoms with Crippen LogP contribution in [0.4, 0.5) is 17.1 Å². The number of amides is 2. The predicted molar refractivity (Wildman–Crippen MR) is 156 cm³/mol. The molecular formula is C29H32BrN5O2. The maximum Gasteiger partial charge on any atom is 0.258 e. The SMILES string of the molecule is CN(C)CCN(C)CC(=O)N(C)c1ccc(N/C(=C2\C(=O)Nc3cc(Br)ccc32)c2ccccc2)cc1. The number of nitrogens with zero attached hydrogens (tertiary/aromatic N) is 3. The minimum atomic E-state index is -0.153. The molecule has 3 aromatic rings. The van der Waals surface area contributed by atoms with Gasteiger partial charge < -0.3 is 20.4 Å². The van der Waals surface area contributed by atoms with Crippen LogP contribution in [-0.2, 0) is 9.59 Å². The third-order valence-corrected chi connectivity index (χ3v) is 6.76. The van der Waals surface area contributed by atoms with Gasteiger partial charge in [0.15, 0.2) is 0 Å². The molecule has 2 amide bonds. The zero-order valence-electron chi connectivity index (χ0n) is 21.6. The Morgan fingerprint density at radius 1 is 0.919 bits per heavy atom. The summed E-state index contributed by atoms with van der Waals surface area (Å²) in [5.74, 6) is -0.126. The van der Waals surface area contributed by atoms with Gasteiger partial charge in [-0.25, -0.2) is 0 Å². The molecule has 0 atom stereocenters. The molecule has 7 nitrogen and oxygen atoms in total. The Bertz CT molecular complexity index is 1310. The molecule has 37 heavy (non-hydrogen) atoms. The van der Waals surface area contributed by atoms with Crippen LogP contribution in [-0.4, -0.2) is 69.4 Å². The van der Waals surface area contributed by atoms with Crippen LogP contribution in [0.15, 0.2) is 77.3 Å². The fourth-order valence-electron chi connectivity index (χ4n) is 4.12. The van der Waals surface area contributed by atoms with E-state index in [2.05, 4.69) is 31.5 Å². The lowest BCUT2D eigenvalue weighted by atomic mass is 10.00. The highest BCUT2D eigenvalue weighted by molar-refractivity contribution is 9.10. The minimum absolute atomic E-state index is 0.0273. The molecule has 1 aliphatic heterocycles. The number of hydrogen-bond donors (Lipinski definition) is 2. The van der Waals surface area contributed by atoms with E-state index >= 15 is 0 Å². The summed E-state index contributed by atoms with van der Waals surface area (Å²) in [6.45, 7) is 2.06. The number of nitrogens with one attached hydrogen (secondary N) is 2. The van der Waals surface area contributed by atoms with Crippen LogP contribution in [0.1, 0.15) is 11.1 Å². The Balaban J connectivity index is 1.57. The van der Waals surface area contributed by atoms with Crippen LogP contribution in [0.25, 0.3) is 11.3 Å². The fourth-order valence-corrected chi connectivity index (χ4v) is 4.48. The van der Waals surface area contributed by atoms with Gasteiger partial charge in [-0.15, -0.1) is 0 Å². The van der Waals surface area contributed by atoms with E-state index < -0.39 is 0 Å². The van der Waals surface area contributed by atoms with Gasteiger partial charge in [0.1, 0.15) is 0 Å². The predicted octanol–water partition coefficient (Wildman–Crippen LogP) is 4.84. The van der Waals surface area contributed by atoms with E-state index in [-0.39, 0.29) is 11.8 Å². The zero-order valence-corrected chi connectivity index (χ0v) is 23.2. The lowest BCUT2D eigenvalue weighted by Crippen LogP contribution is -2.39. The first-order valence-corrected chi connectivity index (χ1v) is 12.9. The molecule has 1 heterocycles. The largest absolute Gasteiger partial charge is 0.354 e. The molecule has 0 aromatic heterocycles. The summed E-state index contributed by atoms with van der Waals surface area (Å²) in [5.41, 5.74) is 5.46. The number of carbonyl (C=O) groups is 2. The van der Waals surface area contributed by atoms with Gasteiger partial charge in [0.25, 0.3) is 5.91 Å². The molecule has 8 heteroatoms. The molecule has 0 saturated carbocycles. The first kappa shape index (κ1) is 26.6. The van der Waals surface area contributed by atoms with Gasteiger partial charge in [-0.2, -0.15) is 0 Å². The third kappa shape index (κ3) is 6.46. The highest BCUT2D eigenvalue weighted by atomic mass is 79.9. The number of likely N-dealkylation sites (N-methyl/N-ethyl adjacent to an activating group) is 3. The van der Waals surface area contributed by atoms with Crippen LogP contribution >= 0.6 is 15.9 Å². The van der Waals surface area contributed by atoms with Crippen molar-refractivity contribution in [1.29, 1.82) is 0 Å². The van der Waals surface area contributed by atoms with Gasteiger partial charge in [0, 0.05) is 41.5 Å². The molecule has 0 unspecified atom stereocenters. The molecule has 0 aliphatic carbocycles. The van der Waals surface area contributed by atoms with Gasteiger partial charge in [-0.1, -0.05) is 52.3 Å². The second-order valence-corrected chi connectivity index (χ2v) is 10.3. The summed E-state index contributed by atoms with van der Waals surface area (Å²) in [6, 6.07) is 23.3. The quantitative estimate of drug-likeness (QED) is 0.366. The van der Waals surface area contributed by atoms with E-state index in [4.69, 9.17) is 0 Å². The van der Waals surface area contributed by atoms with E-state index in [0.29, 0.717) is 12.1 Å². The van der Waals surface area contributed by atoms with Crippen LogP contribution in [0.2, 0.25) is 0 Å². The van der Waals surface area contributed by atoms with Gasteiger partial charge >= 0.3 is 0 Å². The van der Waals surface area contributed by atoms with E-state index in [0.717, 1.165) is 51.4 Å². The summed E-state index contributed by atoms with van der Waals surface area (Å²) in [4.78, 5) is 31.7. The number of halogens is 1. The highest BCUT2D eigenvalue weighted by Gasteiger charge is 2.28. The molecule has 0 saturated heterocycles. The lowest BCUT2D eigenvalue weighted by Gasteiger charge is -2.23. The Kier molecular flexibility index (Phi) is 8.43. The van der Waals surface area contributed by atoms with Crippen LogP contribution < -0.4 is 15.5 Å². The molecule has 3 aromatic carbocycles. The van der Waals surface area contributed by atoms with Crippen molar-refractivity contribution < 1.29 is 9.59 Å². The summed E-state index contributed by atoms with van der Waals surface area (Å²) < 4.78 is 0.903. The van der Waals surface area contributed by atoms with Crippen molar-refractivity contribution >= 4 is 56.1 Å². The Hall–Kier alpha value is -3.46. The molecule has 0 fully saturated rings. The maximum atomic E-state index is 13.1. The average Bonchev–Trinajstić information content (AvgIpc) is 3.20. The molecule has 0 spiro atoms. The van der Waals surface area contributed by atoms with E-state index in [9.17, 15) is 9.59 Å². The maximum absolute atomic E-state index is 13.1. The molecule has 2 N–H and O–H groups in total. The van der Waals surface area contributed by atoms with Crippen molar-refractivity contribution in [2.24, 2.45) is 0 Å². The smallest absolute Gasteiger partial charge is 0.258 e. The first-order valence-electron chi connectivity index (χ1n) is 12.1. The monoisotopic (exact) mass is 561 g/mol. The molecule has 1 aliphatic rings. The number of fused-ring (bicyclic) bond motifs is 1. The second-order valence-electron chi connectivity index (χ2n) is 9.43. The number of anilines is 3. The molecule has 0 bridgehead atoms. The number of benzene rings is 3. The third-order valence-electron chi connectivity index (χ3n) is 6.27. The summed E-state index contributed by atoms with van der Waals surface area (Å²) in [5, 5.41) is 6.44. The van der Waals surface area contributed by atoms with E-state index in [1.165, 1.54) is 0 Å². The summed E-state index contributed by atoms with van der Waals surface area (Å²) >= 11 is 3.48. The minimum Gasteiger partial charge on any atom is -0.354 e. The van der Waals surface area contributed by atoms with Crippen molar-refractivity contribution in [3.63, 3.8) is 0 Å². The van der Waals surface area contributed by atoms with Crippen molar-refractivity contribution in [3.8, 4) is 0 Å². The highest BCUT2D eigenvalue weighted by Crippen LogP contribution is 2.38. The van der Waals surface area contributed by atoms with Crippen molar-refractivity contribution in [3.05, 3.63) is 88.4 Å². The Morgan fingerprint density at radius 2 is 1.62 bits per heavy atom. The number of rotatable bonds is 9. The van der Waals surface area contributed by atoms with Crippen molar-refractivity contribution in [1.82, 2.24) is 9.80 Å². The fraction of sp³-hybridized carbons (Fsp3) is 0.241. The topological polar surface area (TPSA) is 67.9 Å². The van der Waals surface area contributed by atoms with Gasteiger partial charge in [-0.05, 0) is 63.1 Å². The Labute approximate surface area is 226 Å². The first-order chi connectivity index (χ1) is 17.7.